The molecule has 0 bridgehead atoms. The quantitative estimate of drug-likeness (QED) is 0.809. The van der Waals surface area contributed by atoms with E-state index < -0.39 is 5.97 Å². The fourth-order valence-corrected chi connectivity index (χ4v) is 1.86. The maximum atomic E-state index is 10.8. The van der Waals surface area contributed by atoms with E-state index in [9.17, 15) is 4.79 Å². The van der Waals surface area contributed by atoms with Crippen LogP contribution in [0.4, 0.5) is 5.69 Å². The van der Waals surface area contributed by atoms with Gasteiger partial charge in [0.05, 0.1) is 5.69 Å². The summed E-state index contributed by atoms with van der Waals surface area (Å²) in [4.78, 5) is 10.8. The van der Waals surface area contributed by atoms with E-state index in [4.69, 9.17) is 16.7 Å². The predicted molar refractivity (Wildman–Crippen MR) is 73.7 cm³/mol. The van der Waals surface area contributed by atoms with Gasteiger partial charge in [-0.1, -0.05) is 24.6 Å². The zero-order valence-electron chi connectivity index (χ0n) is 9.34. The van der Waals surface area contributed by atoms with E-state index in [0.717, 1.165) is 10.2 Å². The Kier molecular flexibility index (Phi) is 5.51. The van der Waals surface area contributed by atoms with E-state index >= 15 is 0 Å². The number of benzene rings is 1. The van der Waals surface area contributed by atoms with Crippen molar-refractivity contribution in [3.63, 3.8) is 0 Å². The van der Waals surface area contributed by atoms with E-state index in [-0.39, 0.29) is 0 Å². The molecule has 0 saturated carbocycles. The van der Waals surface area contributed by atoms with E-state index in [2.05, 4.69) is 21.2 Å². The van der Waals surface area contributed by atoms with Crippen LogP contribution in [0.5, 0.6) is 0 Å². The SMILES string of the molecule is CC/C(=C/CNc1cc(Cl)ccc1Br)C(=O)O. The maximum absolute atomic E-state index is 10.8. The molecule has 0 unspecified atom stereocenters. The number of rotatable bonds is 5. The van der Waals surface area contributed by atoms with Crippen LogP contribution in [0.25, 0.3) is 0 Å². The second kappa shape index (κ2) is 6.67. The van der Waals surface area contributed by atoms with Gasteiger partial charge < -0.3 is 10.4 Å². The zero-order valence-corrected chi connectivity index (χ0v) is 11.7. The molecule has 92 valence electrons. The molecule has 1 aromatic carbocycles. The van der Waals surface area contributed by atoms with Crippen molar-refractivity contribution in [2.45, 2.75) is 13.3 Å². The number of aliphatic carboxylic acids is 1. The Balaban J connectivity index is 2.67. The van der Waals surface area contributed by atoms with Crippen LogP contribution in [0.2, 0.25) is 5.02 Å². The first-order chi connectivity index (χ1) is 8.04. The summed E-state index contributed by atoms with van der Waals surface area (Å²) < 4.78 is 0.892. The lowest BCUT2D eigenvalue weighted by molar-refractivity contribution is -0.132. The minimum atomic E-state index is -0.876. The highest BCUT2D eigenvalue weighted by atomic mass is 79.9. The Hall–Kier alpha value is -1.00. The van der Waals surface area contributed by atoms with Crippen molar-refractivity contribution >= 4 is 39.2 Å². The molecule has 0 amide bonds. The van der Waals surface area contributed by atoms with E-state index in [1.54, 1.807) is 18.2 Å². The average molecular weight is 319 g/mol. The summed E-state index contributed by atoms with van der Waals surface area (Å²) in [6.07, 6.45) is 2.17. The smallest absolute Gasteiger partial charge is 0.331 e. The van der Waals surface area contributed by atoms with Gasteiger partial charge in [-0.15, -0.1) is 0 Å². The molecule has 3 nitrogen and oxygen atoms in total. The summed E-state index contributed by atoms with van der Waals surface area (Å²) in [5, 5.41) is 12.6. The molecule has 2 N–H and O–H groups in total. The third kappa shape index (κ3) is 4.40. The van der Waals surface area contributed by atoms with Gasteiger partial charge in [-0.3, -0.25) is 0 Å². The minimum absolute atomic E-state index is 0.399. The summed E-state index contributed by atoms with van der Waals surface area (Å²) in [5.74, 6) is -0.876. The van der Waals surface area contributed by atoms with Crippen molar-refractivity contribution in [3.05, 3.63) is 39.3 Å². The van der Waals surface area contributed by atoms with Gasteiger partial charge in [-0.25, -0.2) is 4.79 Å². The third-order valence-corrected chi connectivity index (χ3v) is 3.15. The second-order valence-electron chi connectivity index (χ2n) is 3.39. The average Bonchev–Trinajstić information content (AvgIpc) is 2.28. The molecule has 0 spiro atoms. The van der Waals surface area contributed by atoms with Gasteiger partial charge in [0.15, 0.2) is 0 Å². The van der Waals surface area contributed by atoms with Crippen molar-refractivity contribution in [1.82, 2.24) is 0 Å². The molecule has 0 aliphatic carbocycles. The summed E-state index contributed by atoms with van der Waals surface area (Å²) in [5.41, 5.74) is 1.24. The largest absolute Gasteiger partial charge is 0.478 e. The van der Waals surface area contributed by atoms with Crippen LogP contribution in [-0.4, -0.2) is 17.6 Å². The Bertz CT molecular complexity index is 446. The molecule has 17 heavy (non-hydrogen) atoms. The minimum Gasteiger partial charge on any atom is -0.478 e. The third-order valence-electron chi connectivity index (χ3n) is 2.22. The highest BCUT2D eigenvalue weighted by molar-refractivity contribution is 9.10. The van der Waals surface area contributed by atoms with Crippen molar-refractivity contribution in [2.24, 2.45) is 0 Å². The van der Waals surface area contributed by atoms with Crippen LogP contribution in [0.1, 0.15) is 13.3 Å². The Morgan fingerprint density at radius 3 is 2.88 bits per heavy atom. The number of carboxylic acids is 1. The number of anilines is 1. The van der Waals surface area contributed by atoms with Gasteiger partial charge in [0.2, 0.25) is 0 Å². The van der Waals surface area contributed by atoms with Crippen LogP contribution in [0, 0.1) is 0 Å². The molecule has 5 heteroatoms. The van der Waals surface area contributed by atoms with E-state index in [1.807, 2.05) is 13.0 Å². The number of hydrogen-bond acceptors (Lipinski definition) is 2. The van der Waals surface area contributed by atoms with Crippen LogP contribution in [0.15, 0.2) is 34.3 Å². The fourth-order valence-electron chi connectivity index (χ4n) is 1.30. The fraction of sp³-hybridized carbons (Fsp3) is 0.250. The molecule has 0 heterocycles. The molecule has 0 saturated heterocycles. The number of hydrogen-bond donors (Lipinski definition) is 2. The monoisotopic (exact) mass is 317 g/mol. The summed E-state index contributed by atoms with van der Waals surface area (Å²) in [6.45, 7) is 2.27. The highest BCUT2D eigenvalue weighted by Gasteiger charge is 2.03. The zero-order chi connectivity index (χ0) is 12.8. The normalized spacial score (nSPS) is 11.4. The van der Waals surface area contributed by atoms with Crippen LogP contribution >= 0.6 is 27.5 Å². The van der Waals surface area contributed by atoms with Gasteiger partial charge in [-0.2, -0.15) is 0 Å². The highest BCUT2D eigenvalue weighted by Crippen LogP contribution is 2.25. The number of nitrogens with one attached hydrogen (secondary N) is 1. The van der Waals surface area contributed by atoms with Gasteiger partial charge in [0.1, 0.15) is 0 Å². The van der Waals surface area contributed by atoms with Crippen LogP contribution < -0.4 is 5.32 Å². The first-order valence-electron chi connectivity index (χ1n) is 5.15. The first-order valence-corrected chi connectivity index (χ1v) is 6.33. The number of carboxylic acid groups (broad SMARTS) is 1. The molecule has 0 fully saturated rings. The molecule has 0 aliphatic heterocycles. The van der Waals surface area contributed by atoms with Gasteiger partial charge in [0.25, 0.3) is 0 Å². The standard InChI is InChI=1S/C12H13BrClNO2/c1-2-8(12(16)17)5-6-15-11-7-9(14)3-4-10(11)13/h3-5,7,15H,2,6H2,1H3,(H,16,17)/b8-5-. The van der Waals surface area contributed by atoms with Gasteiger partial charge in [0, 0.05) is 21.6 Å². The van der Waals surface area contributed by atoms with Crippen molar-refractivity contribution < 1.29 is 9.90 Å². The molecule has 1 aromatic rings. The molecule has 0 atom stereocenters. The summed E-state index contributed by atoms with van der Waals surface area (Å²) in [7, 11) is 0. The first kappa shape index (κ1) is 14.1. The summed E-state index contributed by atoms with van der Waals surface area (Å²) in [6, 6.07) is 5.40. The Labute approximate surface area is 114 Å². The van der Waals surface area contributed by atoms with E-state index in [1.165, 1.54) is 0 Å². The molecule has 1 rings (SSSR count). The molecular formula is C12H13BrClNO2. The lowest BCUT2D eigenvalue weighted by atomic mass is 10.2. The number of carbonyl (C=O) groups is 1. The van der Waals surface area contributed by atoms with Gasteiger partial charge >= 0.3 is 5.97 Å². The topological polar surface area (TPSA) is 49.3 Å². The Morgan fingerprint density at radius 2 is 2.29 bits per heavy atom. The van der Waals surface area contributed by atoms with Crippen molar-refractivity contribution in [1.29, 1.82) is 0 Å². The van der Waals surface area contributed by atoms with E-state index in [0.29, 0.717) is 23.6 Å². The lowest BCUT2D eigenvalue weighted by Crippen LogP contribution is -2.05. The lowest BCUT2D eigenvalue weighted by Gasteiger charge is -2.07. The molecule has 0 aliphatic rings. The summed E-state index contributed by atoms with van der Waals surface area (Å²) >= 11 is 9.25. The van der Waals surface area contributed by atoms with Gasteiger partial charge in [-0.05, 0) is 40.5 Å². The molecular weight excluding hydrogens is 305 g/mol. The molecule has 0 aromatic heterocycles. The second-order valence-corrected chi connectivity index (χ2v) is 4.68. The van der Waals surface area contributed by atoms with Crippen molar-refractivity contribution in [2.75, 3.05) is 11.9 Å². The Morgan fingerprint density at radius 1 is 1.59 bits per heavy atom. The predicted octanol–water partition coefficient (Wildman–Crippen LogP) is 3.94. The maximum Gasteiger partial charge on any atom is 0.331 e. The van der Waals surface area contributed by atoms with Crippen LogP contribution in [0.3, 0.4) is 0 Å². The van der Waals surface area contributed by atoms with Crippen molar-refractivity contribution in [3.8, 4) is 0 Å². The number of halogens is 2. The molecule has 0 radical (unpaired) electrons. The van der Waals surface area contributed by atoms with Crippen LogP contribution in [-0.2, 0) is 4.79 Å².